The molecule has 1 rings (SSSR count). The van der Waals surface area contributed by atoms with E-state index in [2.05, 4.69) is 36.7 Å². The van der Waals surface area contributed by atoms with Crippen LogP contribution in [0.1, 0.15) is 5.69 Å². The maximum Gasteiger partial charge on any atom is 0.200 e. The third-order valence-electron chi connectivity index (χ3n) is 1.99. The Morgan fingerprint density at radius 1 is 1.71 bits per heavy atom. The molecule has 0 saturated heterocycles. The van der Waals surface area contributed by atoms with Gasteiger partial charge in [0.25, 0.3) is 0 Å². The van der Waals surface area contributed by atoms with Crippen molar-refractivity contribution in [2.75, 3.05) is 19.0 Å². The molecule has 7 heteroatoms. The van der Waals surface area contributed by atoms with Crippen LogP contribution in [-0.4, -0.2) is 34.5 Å². The Morgan fingerprint density at radius 2 is 2.41 bits per heavy atom. The smallest absolute Gasteiger partial charge is 0.200 e. The van der Waals surface area contributed by atoms with Gasteiger partial charge in [0.1, 0.15) is 0 Å². The molecular weight excluding hydrogens is 286 g/mol. The van der Waals surface area contributed by atoms with Gasteiger partial charge in [0.2, 0.25) is 0 Å². The van der Waals surface area contributed by atoms with Gasteiger partial charge >= 0.3 is 0 Å². The lowest BCUT2D eigenvalue weighted by Gasteiger charge is -2.06. The van der Waals surface area contributed by atoms with Crippen LogP contribution in [0.2, 0.25) is 0 Å². The number of hydrogen-bond acceptors (Lipinski definition) is 3. The molecular formula is C10H16BrN5O. The highest BCUT2D eigenvalue weighted by molar-refractivity contribution is 9.11. The number of guanidine groups is 1. The first-order chi connectivity index (χ1) is 8.06. The van der Waals surface area contributed by atoms with Crippen LogP contribution in [0.15, 0.2) is 21.9 Å². The number of anilines is 1. The number of halogens is 1. The molecule has 0 aromatic carbocycles. The lowest BCUT2D eigenvalue weighted by molar-refractivity contribution is 0.340. The Kier molecular flexibility index (Phi) is 5.17. The number of aliphatic hydroxyl groups is 1. The van der Waals surface area contributed by atoms with Crippen LogP contribution in [-0.2, 0) is 7.05 Å². The van der Waals surface area contributed by atoms with Gasteiger partial charge in [-0.05, 0) is 6.92 Å². The van der Waals surface area contributed by atoms with Crippen LogP contribution >= 0.6 is 15.9 Å². The molecule has 3 N–H and O–H groups in total. The van der Waals surface area contributed by atoms with Gasteiger partial charge in [0.15, 0.2) is 5.96 Å². The van der Waals surface area contributed by atoms with Gasteiger partial charge in [0.05, 0.1) is 18.0 Å². The van der Waals surface area contributed by atoms with Crippen LogP contribution in [0.5, 0.6) is 0 Å². The fourth-order valence-electron chi connectivity index (χ4n) is 1.18. The number of hydrogen-bond donors (Lipinski definition) is 3. The van der Waals surface area contributed by atoms with Gasteiger partial charge in [0, 0.05) is 31.0 Å². The Balaban J connectivity index is 2.80. The number of rotatable bonds is 3. The summed E-state index contributed by atoms with van der Waals surface area (Å²) in [5, 5.41) is 19.1. The second kappa shape index (κ2) is 6.41. The summed E-state index contributed by atoms with van der Waals surface area (Å²) in [6, 6.07) is 0. The summed E-state index contributed by atoms with van der Waals surface area (Å²) in [6.07, 6.45) is 3.40. The molecule has 1 heterocycles. The average Bonchev–Trinajstić information content (AvgIpc) is 2.62. The molecule has 0 radical (unpaired) electrons. The highest BCUT2D eigenvalue weighted by Crippen LogP contribution is 2.11. The van der Waals surface area contributed by atoms with Gasteiger partial charge in [-0.1, -0.05) is 15.9 Å². The van der Waals surface area contributed by atoms with Gasteiger partial charge < -0.3 is 15.7 Å². The van der Waals surface area contributed by atoms with E-state index in [0.29, 0.717) is 10.4 Å². The lowest BCUT2D eigenvalue weighted by atomic mass is 10.4. The summed E-state index contributed by atoms with van der Waals surface area (Å²) < 4.78 is 2.33. The minimum absolute atomic E-state index is 0.0770. The molecule has 0 unspecified atom stereocenters. The lowest BCUT2D eigenvalue weighted by Crippen LogP contribution is -2.26. The number of aliphatic hydroxyl groups excluding tert-OH is 1. The minimum atomic E-state index is -0.0770. The van der Waals surface area contributed by atoms with E-state index in [1.807, 2.05) is 20.2 Å². The summed E-state index contributed by atoms with van der Waals surface area (Å²) in [5.41, 5.74) is 1.77. The van der Waals surface area contributed by atoms with E-state index in [1.54, 1.807) is 11.7 Å². The van der Waals surface area contributed by atoms with Crippen LogP contribution in [0.3, 0.4) is 0 Å². The number of aliphatic imine (C=N–C) groups is 1. The first-order valence-electron chi connectivity index (χ1n) is 5.05. The predicted molar refractivity (Wildman–Crippen MR) is 72.2 cm³/mol. The maximum absolute atomic E-state index is 8.82. The zero-order chi connectivity index (χ0) is 12.8. The van der Waals surface area contributed by atoms with E-state index in [9.17, 15) is 0 Å². The van der Waals surface area contributed by atoms with Crippen LogP contribution in [0, 0.1) is 6.92 Å². The molecule has 0 aliphatic heterocycles. The topological polar surface area (TPSA) is 74.5 Å². The zero-order valence-corrected chi connectivity index (χ0v) is 11.6. The van der Waals surface area contributed by atoms with Crippen molar-refractivity contribution < 1.29 is 5.11 Å². The molecule has 17 heavy (non-hydrogen) atoms. The Morgan fingerprint density at radius 3 is 2.88 bits per heavy atom. The number of nitrogens with zero attached hydrogens (tertiary/aromatic N) is 3. The van der Waals surface area contributed by atoms with Crippen molar-refractivity contribution in [2.24, 2.45) is 12.0 Å². The van der Waals surface area contributed by atoms with E-state index in [-0.39, 0.29) is 6.61 Å². The van der Waals surface area contributed by atoms with Gasteiger partial charge in [-0.25, -0.2) is 4.99 Å². The van der Waals surface area contributed by atoms with E-state index in [1.165, 1.54) is 6.20 Å². The van der Waals surface area contributed by atoms with Crippen LogP contribution in [0.4, 0.5) is 5.69 Å². The molecule has 0 spiro atoms. The van der Waals surface area contributed by atoms with E-state index >= 15 is 0 Å². The summed E-state index contributed by atoms with van der Waals surface area (Å²) in [4.78, 5) is 4.15. The number of aryl methyl sites for hydroxylation is 2. The largest absolute Gasteiger partial charge is 0.391 e. The van der Waals surface area contributed by atoms with Crippen LogP contribution < -0.4 is 10.6 Å². The van der Waals surface area contributed by atoms with Crippen molar-refractivity contribution in [3.63, 3.8) is 0 Å². The molecule has 1 aromatic rings. The fourth-order valence-corrected chi connectivity index (χ4v) is 1.29. The summed E-state index contributed by atoms with van der Waals surface area (Å²) in [7, 11) is 3.62. The molecule has 0 saturated carbocycles. The molecule has 0 amide bonds. The predicted octanol–water partition coefficient (Wildman–Crippen LogP) is 0.944. The second-order valence-corrected chi connectivity index (χ2v) is 4.41. The molecule has 0 bridgehead atoms. The van der Waals surface area contributed by atoms with E-state index < -0.39 is 0 Å². The molecule has 1 aromatic heterocycles. The summed E-state index contributed by atoms with van der Waals surface area (Å²) >= 11 is 3.17. The SMILES string of the molecule is CN/C(=N\C=C(\Br)CO)Nc1cn(C)nc1C. The molecule has 0 fully saturated rings. The zero-order valence-electron chi connectivity index (χ0n) is 10.0. The van der Waals surface area contributed by atoms with E-state index in [4.69, 9.17) is 5.11 Å². The number of aromatic nitrogens is 2. The van der Waals surface area contributed by atoms with Crippen molar-refractivity contribution in [2.45, 2.75) is 6.92 Å². The van der Waals surface area contributed by atoms with Gasteiger partial charge in [-0.2, -0.15) is 5.10 Å². The van der Waals surface area contributed by atoms with Crippen molar-refractivity contribution in [3.8, 4) is 0 Å². The molecule has 94 valence electrons. The van der Waals surface area contributed by atoms with Gasteiger partial charge in [-0.3, -0.25) is 4.68 Å². The average molecular weight is 302 g/mol. The number of nitrogens with one attached hydrogen (secondary N) is 2. The van der Waals surface area contributed by atoms with Crippen molar-refractivity contribution >= 4 is 27.6 Å². The third-order valence-corrected chi connectivity index (χ3v) is 2.44. The first-order valence-corrected chi connectivity index (χ1v) is 5.84. The van der Waals surface area contributed by atoms with Crippen LogP contribution in [0.25, 0.3) is 0 Å². The molecule has 0 aliphatic rings. The van der Waals surface area contributed by atoms with Crippen molar-refractivity contribution in [1.82, 2.24) is 15.1 Å². The third kappa shape index (κ3) is 4.20. The monoisotopic (exact) mass is 301 g/mol. The second-order valence-electron chi connectivity index (χ2n) is 3.39. The Hall–Kier alpha value is -1.34. The summed E-state index contributed by atoms with van der Waals surface area (Å²) in [5.74, 6) is 0.575. The normalized spacial score (nSPS) is 12.8. The van der Waals surface area contributed by atoms with Crippen molar-refractivity contribution in [1.29, 1.82) is 0 Å². The molecule has 0 atom stereocenters. The molecule has 6 nitrogen and oxygen atoms in total. The highest BCUT2D eigenvalue weighted by Gasteiger charge is 2.04. The van der Waals surface area contributed by atoms with Gasteiger partial charge in [-0.15, -0.1) is 0 Å². The highest BCUT2D eigenvalue weighted by atomic mass is 79.9. The maximum atomic E-state index is 8.82. The standard InChI is InChI=1S/C10H16BrN5O/c1-7-9(5-16(3)15-7)14-10(12-2)13-4-8(11)6-17/h4-5,17H,6H2,1-3H3,(H2,12,13,14)/b8-4+. The van der Waals surface area contributed by atoms with E-state index in [0.717, 1.165) is 11.4 Å². The van der Waals surface area contributed by atoms with Crippen molar-refractivity contribution in [3.05, 3.63) is 22.6 Å². The minimum Gasteiger partial charge on any atom is -0.391 e. The molecule has 0 aliphatic carbocycles. The summed E-state index contributed by atoms with van der Waals surface area (Å²) in [6.45, 7) is 1.83. The quantitative estimate of drug-likeness (QED) is 0.574. The Bertz CT molecular complexity index is 438. The Labute approximate surface area is 109 Å². The fraction of sp³-hybridized carbons (Fsp3) is 0.400. The first kappa shape index (κ1) is 13.7.